The van der Waals surface area contributed by atoms with Crippen LogP contribution >= 0.6 is 27.7 Å². The van der Waals surface area contributed by atoms with Crippen molar-refractivity contribution >= 4 is 49.4 Å². The summed E-state index contributed by atoms with van der Waals surface area (Å²) in [7, 11) is 0. The van der Waals surface area contributed by atoms with Crippen molar-refractivity contribution in [3.8, 4) is 6.19 Å². The molecular formula is C12H9BrN4S. The largest absolute Gasteiger partial charge is 0.271 e. The van der Waals surface area contributed by atoms with Crippen molar-refractivity contribution in [3.63, 3.8) is 0 Å². The summed E-state index contributed by atoms with van der Waals surface area (Å²) in [6.07, 6.45) is 5.46. The molecule has 0 saturated carbocycles. The number of rotatable bonds is 1. The molecule has 1 aromatic heterocycles. The van der Waals surface area contributed by atoms with E-state index >= 15 is 0 Å². The first-order valence-corrected chi connectivity index (χ1v) is 7.08. The zero-order chi connectivity index (χ0) is 13.0. The SMILES string of the molecule is CSC(=Nc1cccc2cc(Br)cnc12)NC#N. The minimum absolute atomic E-state index is 0.551. The molecule has 1 heterocycles. The number of hydrogen-bond acceptors (Lipinski definition) is 4. The fraction of sp³-hybridized carbons (Fsp3) is 0.0833. The van der Waals surface area contributed by atoms with Crippen LogP contribution < -0.4 is 5.32 Å². The third-order valence-electron chi connectivity index (χ3n) is 2.23. The van der Waals surface area contributed by atoms with E-state index in [4.69, 9.17) is 5.26 Å². The first kappa shape index (κ1) is 12.9. The lowest BCUT2D eigenvalue weighted by molar-refractivity contribution is 1.28. The highest BCUT2D eigenvalue weighted by atomic mass is 79.9. The van der Waals surface area contributed by atoms with Crippen molar-refractivity contribution in [2.24, 2.45) is 4.99 Å². The summed E-state index contributed by atoms with van der Waals surface area (Å²) in [6.45, 7) is 0. The maximum atomic E-state index is 8.62. The van der Waals surface area contributed by atoms with Crippen molar-refractivity contribution in [1.82, 2.24) is 10.3 Å². The van der Waals surface area contributed by atoms with Crippen molar-refractivity contribution in [2.45, 2.75) is 0 Å². The van der Waals surface area contributed by atoms with Crippen LogP contribution in [0.25, 0.3) is 10.9 Å². The quantitative estimate of drug-likeness (QED) is 0.378. The second-order valence-electron chi connectivity index (χ2n) is 3.36. The number of para-hydroxylation sites is 1. The van der Waals surface area contributed by atoms with Gasteiger partial charge in [-0.25, -0.2) is 4.99 Å². The van der Waals surface area contributed by atoms with Crippen molar-refractivity contribution in [1.29, 1.82) is 5.26 Å². The molecule has 1 aromatic carbocycles. The molecule has 6 heteroatoms. The van der Waals surface area contributed by atoms with E-state index in [1.807, 2.05) is 36.7 Å². The third-order valence-corrected chi connectivity index (χ3v) is 3.25. The normalized spacial score (nSPS) is 11.3. The van der Waals surface area contributed by atoms with E-state index in [0.29, 0.717) is 5.17 Å². The molecule has 0 aliphatic rings. The number of nitrogens with zero attached hydrogens (tertiary/aromatic N) is 3. The second kappa shape index (κ2) is 5.85. The molecule has 0 radical (unpaired) electrons. The number of aromatic nitrogens is 1. The third kappa shape index (κ3) is 2.81. The number of pyridine rings is 1. The van der Waals surface area contributed by atoms with E-state index in [0.717, 1.165) is 21.1 Å². The standard InChI is InChI=1S/C12H9BrN4S/c1-18-12(16-7-14)17-10-4-2-3-8-5-9(13)6-15-11(8)10/h2-6H,1H3,(H,16,17). The molecule has 2 rings (SSSR count). The molecule has 90 valence electrons. The molecule has 0 unspecified atom stereocenters. The smallest absolute Gasteiger partial charge is 0.183 e. The Morgan fingerprint density at radius 1 is 1.56 bits per heavy atom. The number of halogens is 1. The van der Waals surface area contributed by atoms with Gasteiger partial charge in [0.1, 0.15) is 0 Å². The van der Waals surface area contributed by atoms with Crippen LogP contribution in [0.4, 0.5) is 5.69 Å². The van der Waals surface area contributed by atoms with Crippen LogP contribution in [0, 0.1) is 11.5 Å². The number of nitrogens with one attached hydrogen (secondary N) is 1. The van der Waals surface area contributed by atoms with E-state index in [-0.39, 0.29) is 0 Å². The Bertz CT molecular complexity index is 648. The molecule has 0 aliphatic carbocycles. The average molecular weight is 321 g/mol. The Balaban J connectivity index is 2.55. The predicted molar refractivity (Wildman–Crippen MR) is 78.8 cm³/mol. The van der Waals surface area contributed by atoms with Crippen LogP contribution in [0.5, 0.6) is 0 Å². The van der Waals surface area contributed by atoms with E-state index in [9.17, 15) is 0 Å². The van der Waals surface area contributed by atoms with Crippen LogP contribution in [0.15, 0.2) is 39.9 Å². The Hall–Kier alpha value is -1.58. The summed E-state index contributed by atoms with van der Waals surface area (Å²) >= 11 is 4.77. The zero-order valence-corrected chi connectivity index (χ0v) is 11.9. The Labute approximate surface area is 117 Å². The van der Waals surface area contributed by atoms with Gasteiger partial charge in [-0.15, -0.1) is 0 Å². The number of aliphatic imine (C=N–C) groups is 1. The van der Waals surface area contributed by atoms with Gasteiger partial charge in [0.05, 0.1) is 11.2 Å². The molecule has 0 bridgehead atoms. The van der Waals surface area contributed by atoms with Crippen LogP contribution in [-0.4, -0.2) is 16.4 Å². The fourth-order valence-electron chi connectivity index (χ4n) is 1.49. The maximum Gasteiger partial charge on any atom is 0.183 e. The highest BCUT2D eigenvalue weighted by Gasteiger charge is 2.03. The van der Waals surface area contributed by atoms with E-state index in [2.05, 4.69) is 31.2 Å². The van der Waals surface area contributed by atoms with Gasteiger partial charge in [0.25, 0.3) is 0 Å². The number of benzene rings is 1. The number of thioether (sulfide) groups is 1. The van der Waals surface area contributed by atoms with Gasteiger partial charge in [-0.05, 0) is 34.3 Å². The first-order chi connectivity index (χ1) is 8.74. The van der Waals surface area contributed by atoms with Crippen LogP contribution in [0.2, 0.25) is 0 Å². The lowest BCUT2D eigenvalue weighted by Crippen LogP contribution is -2.12. The summed E-state index contributed by atoms with van der Waals surface area (Å²) < 4.78 is 0.927. The molecule has 0 fully saturated rings. The molecule has 18 heavy (non-hydrogen) atoms. The second-order valence-corrected chi connectivity index (χ2v) is 5.07. The number of hydrogen-bond donors (Lipinski definition) is 1. The number of amidine groups is 1. The minimum atomic E-state index is 0.551. The van der Waals surface area contributed by atoms with E-state index in [1.54, 1.807) is 6.20 Å². The summed E-state index contributed by atoms with van der Waals surface area (Å²) in [6, 6.07) is 7.75. The molecular weight excluding hydrogens is 312 g/mol. The van der Waals surface area contributed by atoms with Crippen molar-refractivity contribution < 1.29 is 0 Å². The van der Waals surface area contributed by atoms with Gasteiger partial charge in [-0.3, -0.25) is 10.3 Å². The average Bonchev–Trinajstić information content (AvgIpc) is 2.38. The van der Waals surface area contributed by atoms with Gasteiger partial charge in [-0.1, -0.05) is 23.9 Å². The summed E-state index contributed by atoms with van der Waals surface area (Å²) in [5.41, 5.74) is 1.55. The monoisotopic (exact) mass is 320 g/mol. The summed E-state index contributed by atoms with van der Waals surface area (Å²) in [5, 5.41) is 12.7. The topological polar surface area (TPSA) is 61.1 Å². The van der Waals surface area contributed by atoms with E-state index in [1.165, 1.54) is 11.8 Å². The lowest BCUT2D eigenvalue weighted by atomic mass is 10.2. The molecule has 0 aliphatic heterocycles. The molecule has 1 N–H and O–H groups in total. The highest BCUT2D eigenvalue weighted by molar-refractivity contribution is 9.10. The zero-order valence-electron chi connectivity index (χ0n) is 9.51. The van der Waals surface area contributed by atoms with Crippen LogP contribution in [-0.2, 0) is 0 Å². The van der Waals surface area contributed by atoms with Crippen LogP contribution in [0.3, 0.4) is 0 Å². The number of fused-ring (bicyclic) bond motifs is 1. The van der Waals surface area contributed by atoms with Gasteiger partial charge in [0, 0.05) is 16.1 Å². The predicted octanol–water partition coefficient (Wildman–Crippen LogP) is 3.42. The van der Waals surface area contributed by atoms with Crippen molar-refractivity contribution in [2.75, 3.05) is 6.26 Å². The van der Waals surface area contributed by atoms with E-state index < -0.39 is 0 Å². The summed E-state index contributed by atoms with van der Waals surface area (Å²) in [5.74, 6) is 0. The molecule has 4 nitrogen and oxygen atoms in total. The van der Waals surface area contributed by atoms with Crippen molar-refractivity contribution in [3.05, 3.63) is 34.9 Å². The Kier molecular flexibility index (Phi) is 4.18. The Morgan fingerprint density at radius 2 is 2.39 bits per heavy atom. The molecule has 0 amide bonds. The Morgan fingerprint density at radius 3 is 3.11 bits per heavy atom. The lowest BCUT2D eigenvalue weighted by Gasteiger charge is -2.03. The van der Waals surface area contributed by atoms with Crippen LogP contribution in [0.1, 0.15) is 0 Å². The maximum absolute atomic E-state index is 8.62. The van der Waals surface area contributed by atoms with Gasteiger partial charge in [0.2, 0.25) is 0 Å². The summed E-state index contributed by atoms with van der Waals surface area (Å²) in [4.78, 5) is 8.75. The minimum Gasteiger partial charge on any atom is -0.271 e. The first-order valence-electron chi connectivity index (χ1n) is 5.06. The van der Waals surface area contributed by atoms with Gasteiger partial charge in [-0.2, -0.15) is 5.26 Å². The molecule has 2 aromatic rings. The van der Waals surface area contributed by atoms with Gasteiger partial charge >= 0.3 is 0 Å². The van der Waals surface area contributed by atoms with Gasteiger partial charge in [0.15, 0.2) is 11.4 Å². The molecule has 0 atom stereocenters. The molecule has 0 spiro atoms. The molecule has 0 saturated heterocycles. The fourth-order valence-corrected chi connectivity index (χ4v) is 2.18. The van der Waals surface area contributed by atoms with Gasteiger partial charge < -0.3 is 0 Å². The number of nitriles is 1. The highest BCUT2D eigenvalue weighted by Crippen LogP contribution is 2.26.